The number of carbonyl (C=O) groups is 1. The molecular formula is C23H22ClFN2O3. The number of amides is 1. The fourth-order valence-electron chi connectivity index (χ4n) is 3.59. The Balaban J connectivity index is 1.34. The van der Waals surface area contributed by atoms with Gasteiger partial charge in [0.2, 0.25) is 0 Å². The van der Waals surface area contributed by atoms with E-state index in [1.54, 1.807) is 11.1 Å². The summed E-state index contributed by atoms with van der Waals surface area (Å²) in [7, 11) is 0. The zero-order valence-electron chi connectivity index (χ0n) is 16.4. The summed E-state index contributed by atoms with van der Waals surface area (Å²) in [5.74, 6) is 1.47. The zero-order valence-corrected chi connectivity index (χ0v) is 17.1. The van der Waals surface area contributed by atoms with Crippen LogP contribution in [0.15, 0.2) is 59.1 Å². The first-order valence-electron chi connectivity index (χ1n) is 9.92. The predicted octanol–water partition coefficient (Wildman–Crippen LogP) is 4.84. The summed E-state index contributed by atoms with van der Waals surface area (Å²) in [4.78, 5) is 18.8. The standard InChI is InChI=1S/C23H22ClFN2O3/c24-21-6-2-1-4-16(21)12-20-13-26-23(30-20)17-5-3-11-27(14-17)22(28)15-29-19-9-7-18(25)8-10-19/h1-2,4,6-10,13,17H,3,5,11-12,14-15H2. The number of aromatic nitrogens is 1. The Morgan fingerprint density at radius 3 is 2.83 bits per heavy atom. The molecule has 0 radical (unpaired) electrons. The Labute approximate surface area is 179 Å². The Kier molecular flexibility index (Phi) is 6.33. The van der Waals surface area contributed by atoms with Crippen LogP contribution in [-0.4, -0.2) is 35.5 Å². The summed E-state index contributed by atoms with van der Waals surface area (Å²) in [6.45, 7) is 1.13. The number of rotatable bonds is 6. The second-order valence-electron chi connectivity index (χ2n) is 7.35. The van der Waals surface area contributed by atoms with E-state index in [0.29, 0.717) is 36.2 Å². The summed E-state index contributed by atoms with van der Waals surface area (Å²) >= 11 is 6.23. The maximum absolute atomic E-state index is 13.0. The first kappa shape index (κ1) is 20.4. The normalized spacial score (nSPS) is 16.5. The summed E-state index contributed by atoms with van der Waals surface area (Å²) in [5.41, 5.74) is 0.986. The van der Waals surface area contributed by atoms with E-state index in [9.17, 15) is 9.18 Å². The maximum atomic E-state index is 13.0. The average molecular weight is 429 g/mol. The minimum Gasteiger partial charge on any atom is -0.484 e. The van der Waals surface area contributed by atoms with Crippen molar-refractivity contribution in [2.24, 2.45) is 0 Å². The van der Waals surface area contributed by atoms with E-state index < -0.39 is 0 Å². The molecule has 0 aliphatic carbocycles. The van der Waals surface area contributed by atoms with Crippen molar-refractivity contribution in [1.29, 1.82) is 0 Å². The van der Waals surface area contributed by atoms with Gasteiger partial charge < -0.3 is 14.1 Å². The number of ether oxygens (including phenoxy) is 1. The molecule has 1 aliphatic rings. The number of benzene rings is 2. The molecule has 3 aromatic rings. The molecule has 156 valence electrons. The monoisotopic (exact) mass is 428 g/mol. The van der Waals surface area contributed by atoms with Crippen molar-refractivity contribution in [3.05, 3.63) is 82.8 Å². The highest BCUT2D eigenvalue weighted by Crippen LogP contribution is 2.28. The molecule has 1 aliphatic heterocycles. The Hall–Kier alpha value is -2.86. The fraction of sp³-hybridized carbons (Fsp3) is 0.304. The third-order valence-electron chi connectivity index (χ3n) is 5.19. The van der Waals surface area contributed by atoms with Crippen LogP contribution in [-0.2, 0) is 11.2 Å². The SMILES string of the molecule is O=C(COc1ccc(F)cc1)N1CCCC(c2ncc(Cc3ccccc3Cl)o2)C1. The molecule has 30 heavy (non-hydrogen) atoms. The van der Waals surface area contributed by atoms with Gasteiger partial charge in [0.15, 0.2) is 12.5 Å². The highest BCUT2D eigenvalue weighted by atomic mass is 35.5. The molecule has 1 fully saturated rings. The molecule has 1 aromatic heterocycles. The third-order valence-corrected chi connectivity index (χ3v) is 5.56. The highest BCUT2D eigenvalue weighted by Gasteiger charge is 2.28. The average Bonchev–Trinajstić information content (AvgIpc) is 3.23. The second kappa shape index (κ2) is 9.30. The van der Waals surface area contributed by atoms with Gasteiger partial charge in [0.05, 0.1) is 12.1 Å². The van der Waals surface area contributed by atoms with Gasteiger partial charge in [0, 0.05) is 24.5 Å². The largest absolute Gasteiger partial charge is 0.484 e. The topological polar surface area (TPSA) is 55.6 Å². The number of likely N-dealkylation sites (tertiary alicyclic amines) is 1. The van der Waals surface area contributed by atoms with Gasteiger partial charge in [0.1, 0.15) is 17.3 Å². The van der Waals surface area contributed by atoms with Gasteiger partial charge in [-0.3, -0.25) is 4.79 Å². The van der Waals surface area contributed by atoms with Crippen molar-refractivity contribution >= 4 is 17.5 Å². The molecule has 1 amide bonds. The van der Waals surface area contributed by atoms with E-state index in [-0.39, 0.29) is 24.2 Å². The lowest BCUT2D eigenvalue weighted by molar-refractivity contribution is -0.134. The molecule has 0 N–H and O–H groups in total. The molecule has 0 bridgehead atoms. The molecule has 1 saturated heterocycles. The Morgan fingerprint density at radius 1 is 1.23 bits per heavy atom. The fourth-order valence-corrected chi connectivity index (χ4v) is 3.80. The number of carbonyl (C=O) groups excluding carboxylic acids is 1. The van der Waals surface area contributed by atoms with Crippen LogP contribution in [0.5, 0.6) is 5.75 Å². The number of piperidine rings is 1. The third kappa shape index (κ3) is 5.00. The molecule has 2 aromatic carbocycles. The van der Waals surface area contributed by atoms with Crippen molar-refractivity contribution in [2.75, 3.05) is 19.7 Å². The smallest absolute Gasteiger partial charge is 0.260 e. The summed E-state index contributed by atoms with van der Waals surface area (Å²) < 4.78 is 24.4. The van der Waals surface area contributed by atoms with E-state index in [1.807, 2.05) is 24.3 Å². The van der Waals surface area contributed by atoms with Crippen LogP contribution in [0.2, 0.25) is 5.02 Å². The van der Waals surface area contributed by atoms with Crippen molar-refractivity contribution in [3.8, 4) is 5.75 Å². The molecule has 1 atom stereocenters. The molecule has 4 rings (SSSR count). The van der Waals surface area contributed by atoms with Crippen molar-refractivity contribution < 1.29 is 18.3 Å². The van der Waals surface area contributed by atoms with Crippen LogP contribution in [0.25, 0.3) is 0 Å². The summed E-state index contributed by atoms with van der Waals surface area (Å²) in [5, 5.41) is 0.700. The lowest BCUT2D eigenvalue weighted by atomic mass is 9.98. The van der Waals surface area contributed by atoms with Crippen LogP contribution < -0.4 is 4.74 Å². The van der Waals surface area contributed by atoms with E-state index in [4.69, 9.17) is 20.8 Å². The van der Waals surface area contributed by atoms with E-state index in [0.717, 1.165) is 24.2 Å². The summed E-state index contributed by atoms with van der Waals surface area (Å²) in [6, 6.07) is 13.3. The minimum absolute atomic E-state index is 0.0496. The lowest BCUT2D eigenvalue weighted by Gasteiger charge is -2.31. The van der Waals surface area contributed by atoms with Crippen molar-refractivity contribution in [3.63, 3.8) is 0 Å². The van der Waals surface area contributed by atoms with Crippen molar-refractivity contribution in [1.82, 2.24) is 9.88 Å². The van der Waals surface area contributed by atoms with Crippen LogP contribution >= 0.6 is 11.6 Å². The zero-order chi connectivity index (χ0) is 20.9. The molecule has 1 unspecified atom stereocenters. The molecule has 0 saturated carbocycles. The van der Waals surface area contributed by atoms with Gasteiger partial charge in [-0.15, -0.1) is 0 Å². The molecule has 2 heterocycles. The highest BCUT2D eigenvalue weighted by molar-refractivity contribution is 6.31. The Morgan fingerprint density at radius 2 is 2.03 bits per heavy atom. The number of halogens is 2. The maximum Gasteiger partial charge on any atom is 0.260 e. The van der Waals surface area contributed by atoms with Crippen LogP contribution in [0.1, 0.15) is 36.0 Å². The quantitative estimate of drug-likeness (QED) is 0.563. The predicted molar refractivity (Wildman–Crippen MR) is 111 cm³/mol. The van der Waals surface area contributed by atoms with Gasteiger partial charge in [0.25, 0.3) is 5.91 Å². The van der Waals surface area contributed by atoms with Gasteiger partial charge >= 0.3 is 0 Å². The number of hydrogen-bond acceptors (Lipinski definition) is 4. The van der Waals surface area contributed by atoms with Gasteiger partial charge in [-0.05, 0) is 48.7 Å². The van der Waals surface area contributed by atoms with Crippen LogP contribution in [0.3, 0.4) is 0 Å². The van der Waals surface area contributed by atoms with Gasteiger partial charge in [-0.25, -0.2) is 9.37 Å². The number of hydrogen-bond donors (Lipinski definition) is 0. The van der Waals surface area contributed by atoms with Gasteiger partial charge in [-0.2, -0.15) is 0 Å². The second-order valence-corrected chi connectivity index (χ2v) is 7.76. The first-order valence-corrected chi connectivity index (χ1v) is 10.3. The van der Waals surface area contributed by atoms with Gasteiger partial charge in [-0.1, -0.05) is 29.8 Å². The van der Waals surface area contributed by atoms with Crippen LogP contribution in [0, 0.1) is 5.82 Å². The molecular weight excluding hydrogens is 407 g/mol. The van der Waals surface area contributed by atoms with Crippen LogP contribution in [0.4, 0.5) is 4.39 Å². The molecule has 5 nitrogen and oxygen atoms in total. The molecule has 0 spiro atoms. The first-order chi connectivity index (χ1) is 14.6. The Bertz CT molecular complexity index is 1010. The van der Waals surface area contributed by atoms with E-state index >= 15 is 0 Å². The van der Waals surface area contributed by atoms with Crippen molar-refractivity contribution in [2.45, 2.75) is 25.2 Å². The van der Waals surface area contributed by atoms with E-state index in [1.165, 1.54) is 24.3 Å². The number of oxazole rings is 1. The lowest BCUT2D eigenvalue weighted by Crippen LogP contribution is -2.41. The molecule has 7 heteroatoms. The summed E-state index contributed by atoms with van der Waals surface area (Å²) in [6.07, 6.45) is 4.09. The van der Waals surface area contributed by atoms with E-state index in [2.05, 4.69) is 4.98 Å². The minimum atomic E-state index is -0.340. The number of nitrogens with zero attached hydrogens (tertiary/aromatic N) is 2.